The minimum absolute atomic E-state index is 0.0132. The molecular weight excluding hydrogens is 454 g/mol. The standard InChI is InChI=1S/C28H31N5O3/c1-20-16-33(21(2)19-34)28(35)25-12-23(9-8-22-6-4-10-29-13-22)15-31-27(25)36-26(20)18-32(3)17-24-7-5-11-30-14-24/h4-7,10-15,20-21,26,34H,16-19H2,1-3H3/t20-,21+,26+/m0/s1. The number of carbonyl (C=O) groups excluding carboxylic acids is 1. The number of nitrogens with zero attached hydrogens (tertiary/aromatic N) is 5. The average Bonchev–Trinajstić information content (AvgIpc) is 2.90. The van der Waals surface area contributed by atoms with Crippen LogP contribution in [0.5, 0.6) is 5.88 Å². The molecule has 0 aromatic carbocycles. The monoisotopic (exact) mass is 485 g/mol. The van der Waals surface area contributed by atoms with Crippen molar-refractivity contribution in [2.45, 2.75) is 32.5 Å². The number of hydrogen-bond acceptors (Lipinski definition) is 7. The molecule has 0 saturated carbocycles. The van der Waals surface area contributed by atoms with Crippen molar-refractivity contribution in [3.63, 3.8) is 0 Å². The number of amides is 1. The molecule has 3 aromatic rings. The van der Waals surface area contributed by atoms with E-state index in [4.69, 9.17) is 4.74 Å². The first-order chi connectivity index (χ1) is 17.4. The lowest BCUT2D eigenvalue weighted by Crippen LogP contribution is -2.49. The van der Waals surface area contributed by atoms with Crippen LogP contribution in [0, 0.1) is 17.8 Å². The van der Waals surface area contributed by atoms with Crippen molar-refractivity contribution in [2.24, 2.45) is 5.92 Å². The maximum Gasteiger partial charge on any atom is 0.259 e. The Kier molecular flexibility index (Phi) is 8.26. The van der Waals surface area contributed by atoms with Crippen molar-refractivity contribution in [1.29, 1.82) is 0 Å². The van der Waals surface area contributed by atoms with Gasteiger partial charge in [-0.25, -0.2) is 4.98 Å². The van der Waals surface area contributed by atoms with E-state index in [2.05, 4.69) is 38.6 Å². The maximum atomic E-state index is 13.6. The molecule has 0 saturated heterocycles. The zero-order valence-electron chi connectivity index (χ0n) is 20.8. The van der Waals surface area contributed by atoms with E-state index in [0.29, 0.717) is 24.2 Å². The van der Waals surface area contributed by atoms with E-state index < -0.39 is 0 Å². The van der Waals surface area contributed by atoms with E-state index in [1.165, 1.54) is 0 Å². The SMILES string of the molecule is C[C@H](CO)N1C[C@H](C)[C@@H](CN(C)Cc2cccnc2)Oc2ncc(C#Cc3cccnc3)cc2C1=O. The van der Waals surface area contributed by atoms with Gasteiger partial charge >= 0.3 is 0 Å². The topological polar surface area (TPSA) is 91.7 Å². The predicted molar refractivity (Wildman–Crippen MR) is 136 cm³/mol. The molecule has 0 unspecified atom stereocenters. The lowest BCUT2D eigenvalue weighted by atomic mass is 9.99. The molecule has 0 bridgehead atoms. The highest BCUT2D eigenvalue weighted by Crippen LogP contribution is 2.27. The molecule has 1 aliphatic heterocycles. The fourth-order valence-electron chi connectivity index (χ4n) is 4.14. The lowest BCUT2D eigenvalue weighted by molar-refractivity contribution is 0.0325. The number of likely N-dealkylation sites (N-methyl/N-ethyl adjacent to an activating group) is 1. The largest absolute Gasteiger partial charge is 0.472 e. The summed E-state index contributed by atoms with van der Waals surface area (Å²) in [6.07, 6.45) is 8.39. The van der Waals surface area contributed by atoms with Crippen LogP contribution in [0.25, 0.3) is 0 Å². The van der Waals surface area contributed by atoms with Gasteiger partial charge in [-0.3, -0.25) is 19.7 Å². The molecular formula is C28H31N5O3. The number of aliphatic hydroxyl groups is 1. The third kappa shape index (κ3) is 6.25. The summed E-state index contributed by atoms with van der Waals surface area (Å²) in [5.74, 6) is 6.19. The highest BCUT2D eigenvalue weighted by molar-refractivity contribution is 5.97. The summed E-state index contributed by atoms with van der Waals surface area (Å²) < 4.78 is 6.37. The molecule has 0 radical (unpaired) electrons. The van der Waals surface area contributed by atoms with Gasteiger partial charge in [0.25, 0.3) is 5.91 Å². The van der Waals surface area contributed by atoms with Crippen molar-refractivity contribution in [3.05, 3.63) is 83.6 Å². The second-order valence-corrected chi connectivity index (χ2v) is 9.25. The predicted octanol–water partition coefficient (Wildman–Crippen LogP) is 2.62. The van der Waals surface area contributed by atoms with Crippen LogP contribution in [0.1, 0.15) is 40.9 Å². The zero-order chi connectivity index (χ0) is 25.5. The third-order valence-corrected chi connectivity index (χ3v) is 6.20. The Morgan fingerprint density at radius 3 is 2.61 bits per heavy atom. The van der Waals surface area contributed by atoms with Gasteiger partial charge in [0.15, 0.2) is 0 Å². The van der Waals surface area contributed by atoms with Gasteiger partial charge in [0, 0.05) is 67.7 Å². The summed E-state index contributed by atoms with van der Waals surface area (Å²) in [6.45, 7) is 5.58. The minimum Gasteiger partial charge on any atom is -0.472 e. The Balaban J connectivity index is 1.63. The summed E-state index contributed by atoms with van der Waals surface area (Å²) in [6, 6.07) is 9.03. The lowest BCUT2D eigenvalue weighted by Gasteiger charge is -2.37. The number of carbonyl (C=O) groups is 1. The quantitative estimate of drug-likeness (QED) is 0.537. The van der Waals surface area contributed by atoms with Gasteiger partial charge in [0.2, 0.25) is 5.88 Å². The van der Waals surface area contributed by atoms with Crippen molar-refractivity contribution in [3.8, 4) is 17.7 Å². The van der Waals surface area contributed by atoms with Crippen molar-refractivity contribution in [2.75, 3.05) is 26.7 Å². The van der Waals surface area contributed by atoms with Crippen LogP contribution in [-0.2, 0) is 6.54 Å². The summed E-state index contributed by atoms with van der Waals surface area (Å²) >= 11 is 0. The van der Waals surface area contributed by atoms with Crippen LogP contribution in [0.2, 0.25) is 0 Å². The third-order valence-electron chi connectivity index (χ3n) is 6.20. The normalized spacial score (nSPS) is 18.4. The second-order valence-electron chi connectivity index (χ2n) is 9.25. The fourth-order valence-corrected chi connectivity index (χ4v) is 4.14. The Hall–Kier alpha value is -3.80. The number of fused-ring (bicyclic) bond motifs is 1. The number of rotatable bonds is 6. The Morgan fingerprint density at radius 2 is 1.92 bits per heavy atom. The molecule has 0 spiro atoms. The van der Waals surface area contributed by atoms with Gasteiger partial charge in [0.1, 0.15) is 11.7 Å². The highest BCUT2D eigenvalue weighted by atomic mass is 16.5. The second kappa shape index (κ2) is 11.8. The summed E-state index contributed by atoms with van der Waals surface area (Å²) in [5.41, 5.74) is 2.83. The minimum atomic E-state index is -0.343. The van der Waals surface area contributed by atoms with Crippen molar-refractivity contribution >= 4 is 5.91 Å². The number of aromatic nitrogens is 3. The van der Waals surface area contributed by atoms with Crippen LogP contribution in [0.3, 0.4) is 0 Å². The number of hydrogen-bond donors (Lipinski definition) is 1. The zero-order valence-corrected chi connectivity index (χ0v) is 20.8. The van der Waals surface area contributed by atoms with Crippen LogP contribution < -0.4 is 4.74 Å². The first-order valence-corrected chi connectivity index (χ1v) is 12.0. The van der Waals surface area contributed by atoms with Crippen LogP contribution in [0.4, 0.5) is 0 Å². The molecule has 4 rings (SSSR count). The summed E-state index contributed by atoms with van der Waals surface area (Å²) in [5, 5.41) is 9.86. The highest BCUT2D eigenvalue weighted by Gasteiger charge is 2.34. The molecule has 36 heavy (non-hydrogen) atoms. The molecule has 1 aliphatic rings. The molecule has 1 amide bonds. The van der Waals surface area contributed by atoms with E-state index in [0.717, 1.165) is 17.7 Å². The summed E-state index contributed by atoms with van der Waals surface area (Å²) in [4.78, 5) is 30.2. The molecule has 4 heterocycles. The molecule has 0 aliphatic carbocycles. The Morgan fingerprint density at radius 1 is 1.17 bits per heavy atom. The Labute approximate surface area is 212 Å². The van der Waals surface area contributed by atoms with Crippen LogP contribution >= 0.6 is 0 Å². The van der Waals surface area contributed by atoms with E-state index in [1.54, 1.807) is 35.8 Å². The fraction of sp³-hybridized carbons (Fsp3) is 0.357. The van der Waals surface area contributed by atoms with Gasteiger partial charge in [-0.05, 0) is 43.8 Å². The molecule has 1 N–H and O–H groups in total. The number of ether oxygens (including phenoxy) is 1. The maximum absolute atomic E-state index is 13.6. The van der Waals surface area contributed by atoms with Gasteiger partial charge in [0.05, 0.1) is 12.6 Å². The molecule has 3 atom stereocenters. The van der Waals surface area contributed by atoms with Gasteiger partial charge in [-0.15, -0.1) is 0 Å². The smallest absolute Gasteiger partial charge is 0.259 e. The van der Waals surface area contributed by atoms with Gasteiger partial charge in [-0.2, -0.15) is 0 Å². The van der Waals surface area contributed by atoms with E-state index in [9.17, 15) is 9.90 Å². The van der Waals surface area contributed by atoms with Crippen LogP contribution in [0.15, 0.2) is 61.3 Å². The van der Waals surface area contributed by atoms with Gasteiger partial charge < -0.3 is 14.7 Å². The first kappa shape index (κ1) is 25.3. The summed E-state index contributed by atoms with van der Waals surface area (Å²) in [7, 11) is 2.03. The van der Waals surface area contributed by atoms with Crippen molar-refractivity contribution in [1.82, 2.24) is 24.8 Å². The van der Waals surface area contributed by atoms with E-state index in [1.807, 2.05) is 44.4 Å². The van der Waals surface area contributed by atoms with E-state index in [-0.39, 0.29) is 36.5 Å². The molecule has 8 nitrogen and oxygen atoms in total. The number of aliphatic hydroxyl groups excluding tert-OH is 1. The van der Waals surface area contributed by atoms with Gasteiger partial charge in [-0.1, -0.05) is 24.8 Å². The van der Waals surface area contributed by atoms with E-state index >= 15 is 0 Å². The molecule has 3 aromatic heterocycles. The molecule has 0 fully saturated rings. The molecule has 8 heteroatoms. The average molecular weight is 486 g/mol. The van der Waals surface area contributed by atoms with Crippen LogP contribution in [-0.4, -0.2) is 74.7 Å². The molecule has 186 valence electrons. The number of pyridine rings is 3. The van der Waals surface area contributed by atoms with Crippen molar-refractivity contribution < 1.29 is 14.6 Å². The Bertz CT molecular complexity index is 1230. The first-order valence-electron chi connectivity index (χ1n) is 12.0.